The number of nitrogens with one attached hydrogen (secondary N) is 1. The van der Waals surface area contributed by atoms with Crippen LogP contribution in [0.5, 0.6) is 0 Å². The highest BCUT2D eigenvalue weighted by atomic mass is 16.5. The van der Waals surface area contributed by atoms with Gasteiger partial charge in [0.25, 0.3) is 0 Å². The number of hydrogen-bond acceptors (Lipinski definition) is 4. The molecule has 1 amide bonds. The quantitative estimate of drug-likeness (QED) is 0.675. The van der Waals surface area contributed by atoms with Crippen molar-refractivity contribution < 1.29 is 14.3 Å². The van der Waals surface area contributed by atoms with E-state index >= 15 is 0 Å². The molecule has 1 saturated heterocycles. The number of nitrogens with two attached hydrogens (primary N) is 1. The number of amides is 1. The van der Waals surface area contributed by atoms with E-state index in [9.17, 15) is 4.79 Å². The van der Waals surface area contributed by atoms with Crippen molar-refractivity contribution in [1.82, 2.24) is 5.32 Å². The number of carbonyl (C=O) groups is 1. The molecule has 0 aromatic rings. The third kappa shape index (κ3) is 3.43. The number of rotatable bonds is 6. The van der Waals surface area contributed by atoms with Crippen LogP contribution >= 0.6 is 0 Å². The summed E-state index contributed by atoms with van der Waals surface area (Å²) in [6, 6.07) is -0.416. The Morgan fingerprint density at radius 2 is 2.44 bits per heavy atom. The third-order valence-electron chi connectivity index (χ3n) is 3.02. The van der Waals surface area contributed by atoms with E-state index in [0.29, 0.717) is 26.2 Å². The second-order valence-electron chi connectivity index (χ2n) is 4.30. The molecule has 2 atom stereocenters. The summed E-state index contributed by atoms with van der Waals surface area (Å²) in [5, 5.41) is 2.83. The minimum Gasteiger partial charge on any atom is -0.378 e. The summed E-state index contributed by atoms with van der Waals surface area (Å²) in [5.74, 6) is -0.106. The molecule has 0 bridgehead atoms. The molecule has 1 aliphatic heterocycles. The maximum Gasteiger partial charge on any atom is 0.237 e. The summed E-state index contributed by atoms with van der Waals surface area (Å²) in [7, 11) is 1.65. The molecule has 16 heavy (non-hydrogen) atoms. The molecule has 0 spiro atoms. The van der Waals surface area contributed by atoms with Crippen molar-refractivity contribution in [2.24, 2.45) is 5.73 Å². The zero-order valence-corrected chi connectivity index (χ0v) is 10.1. The normalized spacial score (nSPS) is 26.7. The van der Waals surface area contributed by atoms with E-state index in [0.717, 1.165) is 12.8 Å². The van der Waals surface area contributed by atoms with Gasteiger partial charge in [-0.05, 0) is 6.42 Å². The SMILES string of the molecule is CCC[C@@H](N)C(=O)NCC1(OC)CCOC1. The zero-order valence-electron chi connectivity index (χ0n) is 10.1. The second kappa shape index (κ2) is 6.18. The molecule has 1 heterocycles. The van der Waals surface area contributed by atoms with Crippen LogP contribution in [0.15, 0.2) is 0 Å². The Hall–Kier alpha value is -0.650. The van der Waals surface area contributed by atoms with Crippen molar-refractivity contribution >= 4 is 5.91 Å². The first-order chi connectivity index (χ1) is 7.63. The summed E-state index contributed by atoms with van der Waals surface area (Å²) in [5.41, 5.74) is 5.35. The molecule has 0 aromatic heterocycles. The van der Waals surface area contributed by atoms with Crippen molar-refractivity contribution in [2.45, 2.75) is 37.8 Å². The lowest BCUT2D eigenvalue weighted by molar-refractivity contribution is -0.124. The van der Waals surface area contributed by atoms with Gasteiger partial charge < -0.3 is 20.5 Å². The van der Waals surface area contributed by atoms with Gasteiger partial charge in [-0.15, -0.1) is 0 Å². The Bertz CT molecular complexity index is 227. The minimum atomic E-state index is -0.416. The predicted molar refractivity (Wildman–Crippen MR) is 61.1 cm³/mol. The Morgan fingerprint density at radius 3 is 2.94 bits per heavy atom. The topological polar surface area (TPSA) is 73.6 Å². The van der Waals surface area contributed by atoms with Gasteiger partial charge in [-0.3, -0.25) is 4.79 Å². The van der Waals surface area contributed by atoms with E-state index in [1.54, 1.807) is 7.11 Å². The average Bonchev–Trinajstić information content (AvgIpc) is 2.75. The fourth-order valence-corrected chi connectivity index (χ4v) is 1.78. The van der Waals surface area contributed by atoms with E-state index in [4.69, 9.17) is 15.2 Å². The van der Waals surface area contributed by atoms with Crippen LogP contribution in [-0.4, -0.2) is 44.4 Å². The average molecular weight is 230 g/mol. The van der Waals surface area contributed by atoms with Gasteiger partial charge in [0.1, 0.15) is 5.60 Å². The monoisotopic (exact) mass is 230 g/mol. The molecule has 1 aliphatic rings. The fraction of sp³-hybridized carbons (Fsp3) is 0.909. The highest BCUT2D eigenvalue weighted by Crippen LogP contribution is 2.21. The molecule has 5 nitrogen and oxygen atoms in total. The molecule has 5 heteroatoms. The maximum atomic E-state index is 11.6. The van der Waals surface area contributed by atoms with Gasteiger partial charge in [0.2, 0.25) is 5.91 Å². The van der Waals surface area contributed by atoms with Crippen molar-refractivity contribution in [3.05, 3.63) is 0 Å². The van der Waals surface area contributed by atoms with E-state index in [2.05, 4.69) is 5.32 Å². The summed E-state index contributed by atoms with van der Waals surface area (Å²) < 4.78 is 10.7. The van der Waals surface area contributed by atoms with Gasteiger partial charge in [-0.2, -0.15) is 0 Å². The highest BCUT2D eigenvalue weighted by Gasteiger charge is 2.35. The van der Waals surface area contributed by atoms with Crippen LogP contribution in [0.1, 0.15) is 26.2 Å². The molecular formula is C11H22N2O3. The lowest BCUT2D eigenvalue weighted by Gasteiger charge is -2.26. The standard InChI is InChI=1S/C11H22N2O3/c1-3-4-9(12)10(14)13-7-11(15-2)5-6-16-8-11/h9H,3-8,12H2,1-2H3,(H,13,14)/t9-,11?/m1/s1. The number of ether oxygens (including phenoxy) is 2. The van der Waals surface area contributed by atoms with Crippen LogP contribution in [0, 0.1) is 0 Å². The summed E-state index contributed by atoms with van der Waals surface area (Å²) in [6.07, 6.45) is 2.43. The second-order valence-corrected chi connectivity index (χ2v) is 4.30. The maximum absolute atomic E-state index is 11.6. The van der Waals surface area contributed by atoms with Crippen molar-refractivity contribution in [3.63, 3.8) is 0 Å². The summed E-state index contributed by atoms with van der Waals surface area (Å²) in [6.45, 7) is 3.70. The van der Waals surface area contributed by atoms with Gasteiger partial charge in [0.05, 0.1) is 12.6 Å². The number of carbonyl (C=O) groups excluding carboxylic acids is 1. The smallest absolute Gasteiger partial charge is 0.237 e. The predicted octanol–water partition coefficient (Wildman–Crippen LogP) is 0.0355. The minimum absolute atomic E-state index is 0.106. The van der Waals surface area contributed by atoms with E-state index in [1.165, 1.54) is 0 Å². The Labute approximate surface area is 96.7 Å². The number of methoxy groups -OCH3 is 1. The van der Waals surface area contributed by atoms with E-state index in [-0.39, 0.29) is 11.5 Å². The van der Waals surface area contributed by atoms with Gasteiger partial charge >= 0.3 is 0 Å². The molecule has 1 rings (SSSR count). The van der Waals surface area contributed by atoms with Gasteiger partial charge in [0.15, 0.2) is 0 Å². The lowest BCUT2D eigenvalue weighted by Crippen LogP contribution is -2.49. The summed E-state index contributed by atoms with van der Waals surface area (Å²) in [4.78, 5) is 11.6. The fourth-order valence-electron chi connectivity index (χ4n) is 1.78. The number of hydrogen-bond donors (Lipinski definition) is 2. The molecule has 0 radical (unpaired) electrons. The van der Waals surface area contributed by atoms with E-state index in [1.807, 2.05) is 6.92 Å². The first kappa shape index (κ1) is 13.4. The van der Waals surface area contributed by atoms with Crippen LogP contribution in [0.3, 0.4) is 0 Å². The lowest BCUT2D eigenvalue weighted by atomic mass is 10.0. The Balaban J connectivity index is 2.35. The van der Waals surface area contributed by atoms with Crippen LogP contribution in [0.4, 0.5) is 0 Å². The molecule has 1 unspecified atom stereocenters. The first-order valence-corrected chi connectivity index (χ1v) is 5.80. The molecule has 1 fully saturated rings. The first-order valence-electron chi connectivity index (χ1n) is 5.80. The van der Waals surface area contributed by atoms with Crippen molar-refractivity contribution in [2.75, 3.05) is 26.9 Å². The van der Waals surface area contributed by atoms with E-state index < -0.39 is 6.04 Å². The van der Waals surface area contributed by atoms with Crippen molar-refractivity contribution in [1.29, 1.82) is 0 Å². The Kier molecular flexibility index (Phi) is 5.18. The Morgan fingerprint density at radius 1 is 1.69 bits per heavy atom. The molecule has 94 valence electrons. The molecule has 0 saturated carbocycles. The van der Waals surface area contributed by atoms with Gasteiger partial charge in [0, 0.05) is 26.7 Å². The highest BCUT2D eigenvalue weighted by molar-refractivity contribution is 5.81. The molecule has 0 aliphatic carbocycles. The molecule has 0 aromatic carbocycles. The van der Waals surface area contributed by atoms with Crippen LogP contribution in [-0.2, 0) is 14.3 Å². The van der Waals surface area contributed by atoms with Crippen LogP contribution in [0.25, 0.3) is 0 Å². The van der Waals surface area contributed by atoms with Gasteiger partial charge in [-0.25, -0.2) is 0 Å². The zero-order chi connectivity index (χ0) is 12.0. The van der Waals surface area contributed by atoms with Crippen LogP contribution < -0.4 is 11.1 Å². The third-order valence-corrected chi connectivity index (χ3v) is 3.02. The molecular weight excluding hydrogens is 208 g/mol. The van der Waals surface area contributed by atoms with Gasteiger partial charge in [-0.1, -0.05) is 13.3 Å². The van der Waals surface area contributed by atoms with Crippen molar-refractivity contribution in [3.8, 4) is 0 Å². The summed E-state index contributed by atoms with van der Waals surface area (Å²) >= 11 is 0. The molecule has 3 N–H and O–H groups in total. The van der Waals surface area contributed by atoms with Crippen LogP contribution in [0.2, 0.25) is 0 Å². The largest absolute Gasteiger partial charge is 0.378 e.